The van der Waals surface area contributed by atoms with Gasteiger partial charge in [0.1, 0.15) is 6.54 Å². The molecule has 176 valence electrons. The molecule has 2 aromatic rings. The molecule has 0 N–H and O–H groups in total. The minimum atomic E-state index is 0.0724. The Bertz CT molecular complexity index is 974. The summed E-state index contributed by atoms with van der Waals surface area (Å²) < 4.78 is 1.68. The molecular weight excluding hydrogens is 412 g/mol. The largest absolute Gasteiger partial charge is 0.341 e. The SMILES string of the molecule is Cc1ccccc1CC(C1CCN(C(=O)C2=CCCCC2)CC1)N(C)C(=O)Cn1cccn1. The van der Waals surface area contributed by atoms with Gasteiger partial charge in [-0.2, -0.15) is 5.10 Å². The molecule has 1 atom stereocenters. The fourth-order valence-corrected chi connectivity index (χ4v) is 5.24. The van der Waals surface area contributed by atoms with E-state index < -0.39 is 0 Å². The fraction of sp³-hybridized carbons (Fsp3) is 0.519. The molecule has 0 bridgehead atoms. The van der Waals surface area contributed by atoms with Crippen molar-refractivity contribution in [3.05, 3.63) is 65.5 Å². The number of carbonyl (C=O) groups excluding carboxylic acids is 2. The first-order chi connectivity index (χ1) is 16.0. The standard InChI is InChI=1S/C27H36N4O2/c1-21-9-6-7-12-24(21)19-25(29(2)26(32)20-31-16-8-15-28-31)22-13-17-30(18-14-22)27(33)23-10-4-3-5-11-23/h6-10,12,15-16,22,25H,3-5,11,13-14,17-20H2,1-2H3. The van der Waals surface area contributed by atoms with Crippen LogP contribution in [0.3, 0.4) is 0 Å². The molecule has 0 saturated carbocycles. The lowest BCUT2D eigenvalue weighted by molar-refractivity contribution is -0.135. The number of piperidine rings is 1. The van der Waals surface area contributed by atoms with Crippen LogP contribution in [-0.4, -0.2) is 57.6 Å². The molecule has 2 amide bonds. The smallest absolute Gasteiger partial charge is 0.249 e. The van der Waals surface area contributed by atoms with E-state index in [1.54, 1.807) is 10.9 Å². The van der Waals surface area contributed by atoms with Crippen molar-refractivity contribution in [2.75, 3.05) is 20.1 Å². The number of likely N-dealkylation sites (tertiary alicyclic amines) is 1. The minimum Gasteiger partial charge on any atom is -0.341 e. The lowest BCUT2D eigenvalue weighted by Crippen LogP contribution is -2.49. The second kappa shape index (κ2) is 10.8. The van der Waals surface area contributed by atoms with Gasteiger partial charge in [0.2, 0.25) is 11.8 Å². The number of benzene rings is 1. The summed E-state index contributed by atoms with van der Waals surface area (Å²) in [5.74, 6) is 0.662. The Morgan fingerprint density at radius 2 is 1.94 bits per heavy atom. The van der Waals surface area contributed by atoms with E-state index in [9.17, 15) is 9.59 Å². The number of allylic oxidation sites excluding steroid dienone is 1. The first-order valence-corrected chi connectivity index (χ1v) is 12.3. The van der Waals surface area contributed by atoms with E-state index in [4.69, 9.17) is 0 Å². The average molecular weight is 449 g/mol. The van der Waals surface area contributed by atoms with Crippen LogP contribution in [0.15, 0.2) is 54.4 Å². The Kier molecular flexibility index (Phi) is 7.63. The Morgan fingerprint density at radius 1 is 1.15 bits per heavy atom. The van der Waals surface area contributed by atoms with Gasteiger partial charge >= 0.3 is 0 Å². The topological polar surface area (TPSA) is 58.4 Å². The van der Waals surface area contributed by atoms with Crippen molar-refractivity contribution in [2.45, 2.75) is 64.5 Å². The van der Waals surface area contributed by atoms with Gasteiger partial charge in [0.25, 0.3) is 0 Å². The molecule has 2 aliphatic rings. The van der Waals surface area contributed by atoms with Crippen molar-refractivity contribution >= 4 is 11.8 Å². The van der Waals surface area contributed by atoms with Gasteiger partial charge in [0.15, 0.2) is 0 Å². The molecule has 4 rings (SSSR count). The third-order valence-corrected chi connectivity index (χ3v) is 7.37. The Labute approximate surface area is 197 Å². The highest BCUT2D eigenvalue weighted by molar-refractivity contribution is 5.93. The maximum Gasteiger partial charge on any atom is 0.249 e. The lowest BCUT2D eigenvalue weighted by atomic mass is 9.84. The van der Waals surface area contributed by atoms with Gasteiger partial charge in [-0.15, -0.1) is 0 Å². The zero-order valence-electron chi connectivity index (χ0n) is 19.9. The zero-order valence-corrected chi connectivity index (χ0v) is 19.9. The van der Waals surface area contributed by atoms with E-state index in [1.165, 1.54) is 17.5 Å². The van der Waals surface area contributed by atoms with Gasteiger partial charge < -0.3 is 9.80 Å². The summed E-state index contributed by atoms with van der Waals surface area (Å²) in [6.45, 7) is 3.93. The van der Waals surface area contributed by atoms with Gasteiger partial charge in [0, 0.05) is 44.1 Å². The quantitative estimate of drug-likeness (QED) is 0.643. The normalized spacial score (nSPS) is 18.0. The number of rotatable bonds is 7. The van der Waals surface area contributed by atoms with Crippen molar-refractivity contribution in [3.63, 3.8) is 0 Å². The fourth-order valence-electron chi connectivity index (χ4n) is 5.24. The molecule has 1 unspecified atom stereocenters. The number of aryl methyl sites for hydroxylation is 1. The van der Waals surface area contributed by atoms with Crippen molar-refractivity contribution in [2.24, 2.45) is 5.92 Å². The van der Waals surface area contributed by atoms with E-state index in [0.717, 1.165) is 57.2 Å². The Balaban J connectivity index is 1.46. The molecule has 1 fully saturated rings. The maximum atomic E-state index is 13.1. The van der Waals surface area contributed by atoms with Crippen molar-refractivity contribution < 1.29 is 9.59 Å². The van der Waals surface area contributed by atoms with Gasteiger partial charge in [-0.25, -0.2) is 0 Å². The number of aromatic nitrogens is 2. The van der Waals surface area contributed by atoms with Gasteiger partial charge in [0.05, 0.1) is 0 Å². The van der Waals surface area contributed by atoms with E-state index in [-0.39, 0.29) is 24.4 Å². The van der Waals surface area contributed by atoms with Crippen LogP contribution >= 0.6 is 0 Å². The molecule has 33 heavy (non-hydrogen) atoms. The van der Waals surface area contributed by atoms with Crippen molar-refractivity contribution in [1.29, 1.82) is 0 Å². The molecule has 0 radical (unpaired) electrons. The Morgan fingerprint density at radius 3 is 2.61 bits per heavy atom. The van der Waals surface area contributed by atoms with Gasteiger partial charge in [-0.05, 0) is 75.0 Å². The maximum absolute atomic E-state index is 13.1. The lowest BCUT2D eigenvalue weighted by Gasteiger charge is -2.40. The predicted molar refractivity (Wildman–Crippen MR) is 130 cm³/mol. The van der Waals surface area contributed by atoms with Crippen LogP contribution in [0, 0.1) is 12.8 Å². The summed E-state index contributed by atoms with van der Waals surface area (Å²) in [6.07, 6.45) is 12.6. The van der Waals surface area contributed by atoms with Crippen LogP contribution in [0.2, 0.25) is 0 Å². The molecule has 2 heterocycles. The summed E-state index contributed by atoms with van der Waals surface area (Å²) in [5.41, 5.74) is 3.54. The summed E-state index contributed by atoms with van der Waals surface area (Å²) in [4.78, 5) is 30.1. The Hall–Kier alpha value is -2.89. The van der Waals surface area contributed by atoms with E-state index in [2.05, 4.69) is 42.4 Å². The monoisotopic (exact) mass is 448 g/mol. The van der Waals surface area contributed by atoms with Crippen LogP contribution in [0.25, 0.3) is 0 Å². The predicted octanol–water partition coefficient (Wildman–Crippen LogP) is 4.00. The summed E-state index contributed by atoms with van der Waals surface area (Å²) in [5, 5.41) is 4.20. The highest BCUT2D eigenvalue weighted by Gasteiger charge is 2.33. The van der Waals surface area contributed by atoms with Crippen LogP contribution < -0.4 is 0 Å². The molecule has 1 saturated heterocycles. The van der Waals surface area contributed by atoms with Crippen LogP contribution in [-0.2, 0) is 22.6 Å². The highest BCUT2D eigenvalue weighted by atomic mass is 16.2. The van der Waals surface area contributed by atoms with E-state index >= 15 is 0 Å². The molecular formula is C27H36N4O2. The van der Waals surface area contributed by atoms with Crippen LogP contribution in [0.4, 0.5) is 0 Å². The minimum absolute atomic E-state index is 0.0724. The molecule has 6 heteroatoms. The second-order valence-corrected chi connectivity index (χ2v) is 9.51. The third kappa shape index (κ3) is 5.73. The number of carbonyl (C=O) groups is 2. The number of nitrogens with zero attached hydrogens (tertiary/aromatic N) is 4. The number of hydrogen-bond acceptors (Lipinski definition) is 3. The average Bonchev–Trinajstić information content (AvgIpc) is 3.36. The molecule has 1 aromatic heterocycles. The van der Waals surface area contributed by atoms with Crippen LogP contribution in [0.1, 0.15) is 49.7 Å². The van der Waals surface area contributed by atoms with Crippen molar-refractivity contribution in [1.82, 2.24) is 19.6 Å². The highest BCUT2D eigenvalue weighted by Crippen LogP contribution is 2.29. The molecule has 1 aromatic carbocycles. The summed E-state index contributed by atoms with van der Waals surface area (Å²) in [6, 6.07) is 10.4. The van der Waals surface area contributed by atoms with Crippen LogP contribution in [0.5, 0.6) is 0 Å². The number of likely N-dealkylation sites (N-methyl/N-ethyl adjacent to an activating group) is 1. The molecule has 0 spiro atoms. The summed E-state index contributed by atoms with van der Waals surface area (Å²) in [7, 11) is 1.93. The first kappa shape index (κ1) is 23.3. The third-order valence-electron chi connectivity index (χ3n) is 7.37. The number of amides is 2. The molecule has 6 nitrogen and oxygen atoms in total. The zero-order chi connectivity index (χ0) is 23.2. The van der Waals surface area contributed by atoms with Gasteiger partial charge in [-0.3, -0.25) is 14.3 Å². The second-order valence-electron chi connectivity index (χ2n) is 9.51. The molecule has 1 aliphatic heterocycles. The molecule has 1 aliphatic carbocycles. The van der Waals surface area contributed by atoms with E-state index in [0.29, 0.717) is 5.92 Å². The van der Waals surface area contributed by atoms with Gasteiger partial charge in [-0.1, -0.05) is 30.3 Å². The number of hydrogen-bond donors (Lipinski definition) is 0. The summed E-state index contributed by atoms with van der Waals surface area (Å²) >= 11 is 0. The van der Waals surface area contributed by atoms with E-state index in [1.807, 2.05) is 29.1 Å². The first-order valence-electron chi connectivity index (χ1n) is 12.3. The van der Waals surface area contributed by atoms with Crippen molar-refractivity contribution in [3.8, 4) is 0 Å².